The van der Waals surface area contributed by atoms with Crippen molar-refractivity contribution in [2.45, 2.75) is 58.2 Å². The summed E-state index contributed by atoms with van der Waals surface area (Å²) in [7, 11) is 0. The summed E-state index contributed by atoms with van der Waals surface area (Å²) in [5.41, 5.74) is 3.47. The first-order valence-corrected chi connectivity index (χ1v) is 13.4. The highest BCUT2D eigenvalue weighted by atomic mass is 16.5. The number of carbonyl (C=O) groups is 1. The molecule has 5 rings (SSSR count). The summed E-state index contributed by atoms with van der Waals surface area (Å²) in [6.45, 7) is 6.37. The molecule has 190 valence electrons. The number of aromatic nitrogens is 2. The molecule has 0 bridgehead atoms. The summed E-state index contributed by atoms with van der Waals surface area (Å²) in [5, 5.41) is 7.26. The Labute approximate surface area is 213 Å². The summed E-state index contributed by atoms with van der Waals surface area (Å²) in [6, 6.07) is 18.6. The van der Waals surface area contributed by atoms with Crippen molar-refractivity contribution < 1.29 is 9.32 Å². The van der Waals surface area contributed by atoms with Crippen LogP contribution in [0.1, 0.15) is 55.5 Å². The lowest BCUT2D eigenvalue weighted by Crippen LogP contribution is -2.40. The molecule has 7 nitrogen and oxygen atoms in total. The molecule has 0 spiro atoms. The molecule has 2 fully saturated rings. The zero-order chi connectivity index (χ0) is 24.6. The molecule has 0 radical (unpaired) electrons. The van der Waals surface area contributed by atoms with Gasteiger partial charge in [-0.1, -0.05) is 72.6 Å². The zero-order valence-electron chi connectivity index (χ0n) is 21.1. The van der Waals surface area contributed by atoms with Gasteiger partial charge in [0, 0.05) is 24.6 Å². The number of likely N-dealkylation sites (tertiary alicyclic amines) is 2. The highest BCUT2D eigenvalue weighted by Crippen LogP contribution is 2.21. The molecular formula is C29H37N5O2. The topological polar surface area (TPSA) is 74.5 Å². The summed E-state index contributed by atoms with van der Waals surface area (Å²) >= 11 is 0. The minimum absolute atomic E-state index is 0.0612. The Kier molecular flexibility index (Phi) is 8.41. The largest absolute Gasteiger partial charge is 0.352 e. The highest BCUT2D eigenvalue weighted by molar-refractivity contribution is 5.78. The molecular weight excluding hydrogens is 450 g/mol. The molecule has 36 heavy (non-hydrogen) atoms. The van der Waals surface area contributed by atoms with Crippen LogP contribution in [-0.4, -0.2) is 52.0 Å². The Balaban J connectivity index is 1.03. The fourth-order valence-electron chi connectivity index (χ4n) is 5.22. The molecule has 0 atom stereocenters. The second-order valence-electron chi connectivity index (χ2n) is 10.2. The van der Waals surface area contributed by atoms with E-state index in [1.54, 1.807) is 0 Å². The van der Waals surface area contributed by atoms with Gasteiger partial charge in [-0.05, 0) is 63.0 Å². The van der Waals surface area contributed by atoms with Crippen molar-refractivity contribution in [2.75, 3.05) is 26.2 Å². The fourth-order valence-corrected chi connectivity index (χ4v) is 5.22. The molecule has 7 heteroatoms. The molecule has 0 aliphatic carbocycles. The molecule has 1 amide bonds. The van der Waals surface area contributed by atoms with E-state index in [1.807, 2.05) is 30.3 Å². The van der Waals surface area contributed by atoms with Gasteiger partial charge in [0.05, 0.1) is 6.54 Å². The maximum Gasteiger partial charge on any atom is 0.241 e. The van der Waals surface area contributed by atoms with Crippen LogP contribution < -0.4 is 5.32 Å². The molecule has 2 aliphatic rings. The molecule has 1 N–H and O–H groups in total. The molecule has 3 heterocycles. The van der Waals surface area contributed by atoms with Crippen molar-refractivity contribution in [3.05, 3.63) is 71.6 Å². The number of hydrogen-bond acceptors (Lipinski definition) is 6. The van der Waals surface area contributed by atoms with E-state index in [4.69, 9.17) is 4.52 Å². The summed E-state index contributed by atoms with van der Waals surface area (Å²) in [4.78, 5) is 22.2. The van der Waals surface area contributed by atoms with Gasteiger partial charge >= 0.3 is 0 Å². The van der Waals surface area contributed by atoms with Gasteiger partial charge in [0.2, 0.25) is 17.6 Å². The van der Waals surface area contributed by atoms with Gasteiger partial charge in [-0.3, -0.25) is 14.6 Å². The van der Waals surface area contributed by atoms with Gasteiger partial charge in [-0.15, -0.1) is 0 Å². The lowest BCUT2D eigenvalue weighted by atomic mass is 9.96. The summed E-state index contributed by atoms with van der Waals surface area (Å²) in [6.07, 6.45) is 7.05. The van der Waals surface area contributed by atoms with Gasteiger partial charge in [0.1, 0.15) is 0 Å². The van der Waals surface area contributed by atoms with E-state index < -0.39 is 0 Å². The minimum Gasteiger partial charge on any atom is -0.352 e. The molecule has 2 aliphatic heterocycles. The third kappa shape index (κ3) is 6.80. The van der Waals surface area contributed by atoms with Crippen LogP contribution in [-0.2, 0) is 24.4 Å². The lowest BCUT2D eigenvalue weighted by Gasteiger charge is -2.30. The predicted molar refractivity (Wildman–Crippen MR) is 140 cm³/mol. The Morgan fingerprint density at radius 3 is 2.22 bits per heavy atom. The van der Waals surface area contributed by atoms with Crippen LogP contribution in [0, 0.1) is 5.92 Å². The Hall–Kier alpha value is -3.03. The first-order valence-electron chi connectivity index (χ1n) is 13.4. The van der Waals surface area contributed by atoms with Crippen LogP contribution in [0.2, 0.25) is 0 Å². The van der Waals surface area contributed by atoms with E-state index in [-0.39, 0.29) is 11.8 Å². The van der Waals surface area contributed by atoms with Gasteiger partial charge in [-0.25, -0.2) is 0 Å². The molecule has 1 aromatic heterocycles. The van der Waals surface area contributed by atoms with Crippen LogP contribution in [0.15, 0.2) is 59.1 Å². The average molecular weight is 488 g/mol. The van der Waals surface area contributed by atoms with Crippen LogP contribution >= 0.6 is 0 Å². The van der Waals surface area contributed by atoms with E-state index in [0.717, 1.165) is 43.6 Å². The number of carbonyl (C=O) groups excluding carboxylic acids is 1. The maximum atomic E-state index is 12.8. The minimum atomic E-state index is 0.0612. The standard InChI is InChI=1S/C29H37N5O2/c35-29(30-20-23-10-12-24(13-11-23)21-33-16-6-1-2-7-17-33)26-14-18-34(19-15-26)22-27-31-28(32-36-27)25-8-4-3-5-9-25/h3-5,8-13,26H,1-2,6-7,14-22H2,(H,30,35). The van der Waals surface area contributed by atoms with Gasteiger partial charge in [0.15, 0.2) is 0 Å². The monoisotopic (exact) mass is 487 g/mol. The SMILES string of the molecule is O=C(NCc1ccc(CN2CCCCCC2)cc1)C1CCN(Cc2nc(-c3ccccc3)no2)CC1. The van der Waals surface area contributed by atoms with Crippen LogP contribution in [0.4, 0.5) is 0 Å². The Morgan fingerprint density at radius 2 is 1.50 bits per heavy atom. The number of nitrogens with zero attached hydrogens (tertiary/aromatic N) is 4. The van der Waals surface area contributed by atoms with Crippen molar-refractivity contribution >= 4 is 5.91 Å². The van der Waals surface area contributed by atoms with Crippen LogP contribution in [0.25, 0.3) is 11.4 Å². The summed E-state index contributed by atoms with van der Waals surface area (Å²) < 4.78 is 5.46. The normalized spacial score (nSPS) is 18.1. The zero-order valence-corrected chi connectivity index (χ0v) is 21.1. The maximum absolute atomic E-state index is 12.8. The van der Waals surface area contributed by atoms with Crippen molar-refractivity contribution in [1.82, 2.24) is 25.3 Å². The third-order valence-electron chi connectivity index (χ3n) is 7.41. The number of piperidine rings is 1. The van der Waals surface area contributed by atoms with Gasteiger partial charge < -0.3 is 9.84 Å². The Bertz CT molecular complexity index is 1080. The highest BCUT2D eigenvalue weighted by Gasteiger charge is 2.26. The fraction of sp³-hybridized carbons (Fsp3) is 0.483. The third-order valence-corrected chi connectivity index (χ3v) is 7.41. The second kappa shape index (κ2) is 12.3. The smallest absolute Gasteiger partial charge is 0.241 e. The number of benzene rings is 2. The van der Waals surface area contributed by atoms with E-state index in [1.165, 1.54) is 44.3 Å². The lowest BCUT2D eigenvalue weighted by molar-refractivity contribution is -0.126. The van der Waals surface area contributed by atoms with Crippen molar-refractivity contribution in [3.8, 4) is 11.4 Å². The number of hydrogen-bond donors (Lipinski definition) is 1. The van der Waals surface area contributed by atoms with Crippen LogP contribution in [0.5, 0.6) is 0 Å². The van der Waals surface area contributed by atoms with E-state index in [9.17, 15) is 4.79 Å². The molecule has 3 aromatic rings. The van der Waals surface area contributed by atoms with E-state index in [2.05, 4.69) is 49.5 Å². The first kappa shape index (κ1) is 24.7. The van der Waals surface area contributed by atoms with Crippen molar-refractivity contribution in [3.63, 3.8) is 0 Å². The van der Waals surface area contributed by atoms with Crippen molar-refractivity contribution in [1.29, 1.82) is 0 Å². The summed E-state index contributed by atoms with van der Waals surface area (Å²) in [5.74, 6) is 1.46. The Morgan fingerprint density at radius 1 is 0.833 bits per heavy atom. The number of rotatable bonds is 8. The second-order valence-corrected chi connectivity index (χ2v) is 10.2. The first-order chi connectivity index (χ1) is 17.7. The van der Waals surface area contributed by atoms with E-state index in [0.29, 0.717) is 24.8 Å². The van der Waals surface area contributed by atoms with Gasteiger partial charge in [-0.2, -0.15) is 4.98 Å². The molecule has 0 unspecified atom stereocenters. The predicted octanol–water partition coefficient (Wildman–Crippen LogP) is 4.64. The van der Waals surface area contributed by atoms with Crippen LogP contribution in [0.3, 0.4) is 0 Å². The van der Waals surface area contributed by atoms with Crippen molar-refractivity contribution in [2.24, 2.45) is 5.92 Å². The number of nitrogens with one attached hydrogen (secondary N) is 1. The van der Waals surface area contributed by atoms with Gasteiger partial charge in [0.25, 0.3) is 0 Å². The molecule has 2 aromatic carbocycles. The molecule has 2 saturated heterocycles. The van der Waals surface area contributed by atoms with E-state index >= 15 is 0 Å². The number of amides is 1. The quantitative estimate of drug-likeness (QED) is 0.499. The molecule has 0 saturated carbocycles. The average Bonchev–Trinajstić information content (AvgIpc) is 3.24.